The number of hydrogen-bond acceptors (Lipinski definition) is 4. The van der Waals surface area contributed by atoms with Crippen LogP contribution < -0.4 is 10.6 Å². The molecule has 1 saturated carbocycles. The number of carbonyl (C=O) groups is 1. The lowest BCUT2D eigenvalue weighted by molar-refractivity contribution is 0.0937. The van der Waals surface area contributed by atoms with Crippen LogP contribution in [0, 0.1) is 0 Å². The van der Waals surface area contributed by atoms with Crippen LogP contribution in [0.3, 0.4) is 0 Å². The van der Waals surface area contributed by atoms with Crippen molar-refractivity contribution in [1.29, 1.82) is 0 Å². The lowest BCUT2D eigenvalue weighted by Gasteiger charge is -2.13. The van der Waals surface area contributed by atoms with Crippen LogP contribution in [0.2, 0.25) is 0 Å². The van der Waals surface area contributed by atoms with Gasteiger partial charge in [0.2, 0.25) is 0 Å². The van der Waals surface area contributed by atoms with E-state index in [9.17, 15) is 4.79 Å². The topological polar surface area (TPSA) is 57.3 Å². The van der Waals surface area contributed by atoms with E-state index in [-0.39, 0.29) is 5.91 Å². The first-order valence-electron chi connectivity index (χ1n) is 7.79. The van der Waals surface area contributed by atoms with Gasteiger partial charge in [0, 0.05) is 25.0 Å². The van der Waals surface area contributed by atoms with Gasteiger partial charge < -0.3 is 15.5 Å². The fourth-order valence-corrected chi connectivity index (χ4v) is 2.63. The number of pyridine rings is 1. The minimum atomic E-state index is -0.00802. The third kappa shape index (κ3) is 5.34. The molecule has 0 aliphatic heterocycles. The van der Waals surface area contributed by atoms with Gasteiger partial charge in [-0.1, -0.05) is 12.8 Å². The summed E-state index contributed by atoms with van der Waals surface area (Å²) in [6.07, 6.45) is 9.10. The molecule has 1 aliphatic carbocycles. The van der Waals surface area contributed by atoms with Gasteiger partial charge in [0.25, 0.3) is 5.91 Å². The Kier molecular flexibility index (Phi) is 5.99. The van der Waals surface area contributed by atoms with Crippen LogP contribution in [0.25, 0.3) is 0 Å². The number of amides is 1. The lowest BCUT2D eigenvalue weighted by atomic mass is 10.2. The van der Waals surface area contributed by atoms with Crippen molar-refractivity contribution in [2.45, 2.75) is 38.1 Å². The second-order valence-electron chi connectivity index (χ2n) is 6.00. The van der Waals surface area contributed by atoms with Gasteiger partial charge in [-0.05, 0) is 46.0 Å². The Morgan fingerprint density at radius 3 is 2.81 bits per heavy atom. The van der Waals surface area contributed by atoms with Crippen LogP contribution >= 0.6 is 0 Å². The molecule has 1 heterocycles. The first-order chi connectivity index (χ1) is 10.1. The van der Waals surface area contributed by atoms with Crippen LogP contribution in [0.1, 0.15) is 42.5 Å². The predicted molar refractivity (Wildman–Crippen MR) is 85.6 cm³/mol. The number of carbonyl (C=O) groups excluding carboxylic acids is 1. The van der Waals surface area contributed by atoms with E-state index in [1.807, 2.05) is 6.07 Å². The summed E-state index contributed by atoms with van der Waals surface area (Å²) >= 11 is 0. The van der Waals surface area contributed by atoms with Crippen LogP contribution in [0.15, 0.2) is 18.5 Å². The lowest BCUT2D eigenvalue weighted by Crippen LogP contribution is -2.32. The fraction of sp³-hybridized carbons (Fsp3) is 0.625. The van der Waals surface area contributed by atoms with Crippen LogP contribution in [-0.2, 0) is 0 Å². The number of nitrogens with zero attached hydrogens (tertiary/aromatic N) is 2. The highest BCUT2D eigenvalue weighted by atomic mass is 16.1. The summed E-state index contributed by atoms with van der Waals surface area (Å²) in [7, 11) is 4.13. The van der Waals surface area contributed by atoms with E-state index in [2.05, 4.69) is 34.6 Å². The van der Waals surface area contributed by atoms with Crippen LogP contribution in [-0.4, -0.2) is 49.0 Å². The van der Waals surface area contributed by atoms with E-state index in [0.717, 1.165) is 38.0 Å². The van der Waals surface area contributed by atoms with Crippen molar-refractivity contribution in [2.24, 2.45) is 0 Å². The highest BCUT2D eigenvalue weighted by molar-refractivity contribution is 5.94. The monoisotopic (exact) mass is 290 g/mol. The Morgan fingerprint density at radius 1 is 1.33 bits per heavy atom. The summed E-state index contributed by atoms with van der Waals surface area (Å²) in [4.78, 5) is 18.5. The molecule has 0 saturated heterocycles. The molecular formula is C16H26N4O. The SMILES string of the molecule is CN(C)CCCNc1cncc(C(=O)NC2CCCC2)c1. The maximum atomic E-state index is 12.2. The third-order valence-corrected chi connectivity index (χ3v) is 3.80. The molecule has 1 amide bonds. The average Bonchev–Trinajstić information content (AvgIpc) is 2.96. The molecule has 5 heteroatoms. The Bertz CT molecular complexity index is 455. The molecule has 1 aromatic heterocycles. The average molecular weight is 290 g/mol. The standard InChI is InChI=1S/C16H26N4O/c1-20(2)9-5-8-18-15-10-13(11-17-12-15)16(21)19-14-6-3-4-7-14/h10-12,14,18H,3-9H2,1-2H3,(H,19,21). The fourth-order valence-electron chi connectivity index (χ4n) is 2.63. The zero-order chi connectivity index (χ0) is 15.1. The molecule has 0 atom stereocenters. The summed E-state index contributed by atoms with van der Waals surface area (Å²) in [5.41, 5.74) is 1.55. The Labute approximate surface area is 127 Å². The molecule has 116 valence electrons. The van der Waals surface area contributed by atoms with Gasteiger partial charge in [0.1, 0.15) is 0 Å². The molecule has 1 aromatic rings. The summed E-state index contributed by atoms with van der Waals surface area (Å²) in [5.74, 6) is -0.00802. The molecule has 1 fully saturated rings. The minimum absolute atomic E-state index is 0.00802. The molecule has 1 aliphatic rings. The van der Waals surface area contributed by atoms with Crippen LogP contribution in [0.4, 0.5) is 5.69 Å². The first kappa shape index (κ1) is 15.8. The van der Waals surface area contributed by atoms with Gasteiger partial charge in [0.15, 0.2) is 0 Å². The van der Waals surface area contributed by atoms with Crippen molar-refractivity contribution in [3.63, 3.8) is 0 Å². The highest BCUT2D eigenvalue weighted by Crippen LogP contribution is 2.18. The van der Waals surface area contributed by atoms with Crippen molar-refractivity contribution < 1.29 is 4.79 Å². The van der Waals surface area contributed by atoms with E-state index in [1.165, 1.54) is 12.8 Å². The van der Waals surface area contributed by atoms with Crippen molar-refractivity contribution >= 4 is 11.6 Å². The molecule has 0 spiro atoms. The van der Waals surface area contributed by atoms with Crippen molar-refractivity contribution in [3.05, 3.63) is 24.0 Å². The summed E-state index contributed by atoms with van der Waals surface area (Å²) in [6.45, 7) is 1.93. The molecule has 0 unspecified atom stereocenters. The van der Waals surface area contributed by atoms with Gasteiger partial charge in [-0.2, -0.15) is 0 Å². The van der Waals surface area contributed by atoms with E-state index in [1.54, 1.807) is 12.4 Å². The van der Waals surface area contributed by atoms with Gasteiger partial charge in [-0.15, -0.1) is 0 Å². The molecule has 21 heavy (non-hydrogen) atoms. The molecule has 2 N–H and O–H groups in total. The second-order valence-corrected chi connectivity index (χ2v) is 6.00. The van der Waals surface area contributed by atoms with Gasteiger partial charge >= 0.3 is 0 Å². The number of aromatic nitrogens is 1. The number of rotatable bonds is 7. The Hall–Kier alpha value is -1.62. The van der Waals surface area contributed by atoms with E-state index >= 15 is 0 Å². The summed E-state index contributed by atoms with van der Waals surface area (Å²) in [5, 5.41) is 6.41. The Balaban J connectivity index is 1.83. The number of anilines is 1. The van der Waals surface area contributed by atoms with E-state index in [4.69, 9.17) is 0 Å². The van der Waals surface area contributed by atoms with Crippen molar-refractivity contribution in [1.82, 2.24) is 15.2 Å². The predicted octanol–water partition coefficient (Wildman–Crippen LogP) is 2.12. The second kappa shape index (κ2) is 7.98. The van der Waals surface area contributed by atoms with Crippen molar-refractivity contribution in [2.75, 3.05) is 32.5 Å². The number of hydrogen-bond donors (Lipinski definition) is 2. The maximum Gasteiger partial charge on any atom is 0.253 e. The largest absolute Gasteiger partial charge is 0.384 e. The molecular weight excluding hydrogens is 264 g/mol. The third-order valence-electron chi connectivity index (χ3n) is 3.80. The maximum absolute atomic E-state index is 12.2. The van der Waals surface area contributed by atoms with Gasteiger partial charge in [-0.25, -0.2) is 0 Å². The smallest absolute Gasteiger partial charge is 0.253 e. The van der Waals surface area contributed by atoms with E-state index in [0.29, 0.717) is 11.6 Å². The quantitative estimate of drug-likeness (QED) is 0.755. The van der Waals surface area contributed by atoms with Gasteiger partial charge in [-0.3, -0.25) is 9.78 Å². The Morgan fingerprint density at radius 2 is 2.10 bits per heavy atom. The molecule has 2 rings (SSSR count). The molecule has 0 radical (unpaired) electrons. The highest BCUT2D eigenvalue weighted by Gasteiger charge is 2.18. The molecule has 0 bridgehead atoms. The molecule has 5 nitrogen and oxygen atoms in total. The zero-order valence-electron chi connectivity index (χ0n) is 13.1. The number of nitrogens with one attached hydrogen (secondary N) is 2. The van der Waals surface area contributed by atoms with Crippen LogP contribution in [0.5, 0.6) is 0 Å². The zero-order valence-corrected chi connectivity index (χ0v) is 13.1. The van der Waals surface area contributed by atoms with Crippen molar-refractivity contribution in [3.8, 4) is 0 Å². The molecule has 0 aromatic carbocycles. The summed E-state index contributed by atoms with van der Waals surface area (Å²) < 4.78 is 0. The van der Waals surface area contributed by atoms with E-state index < -0.39 is 0 Å². The minimum Gasteiger partial charge on any atom is -0.384 e. The summed E-state index contributed by atoms with van der Waals surface area (Å²) in [6, 6.07) is 2.22. The first-order valence-corrected chi connectivity index (χ1v) is 7.79. The normalized spacial score (nSPS) is 15.4. The van der Waals surface area contributed by atoms with Gasteiger partial charge in [0.05, 0.1) is 11.3 Å².